The molecule has 1 fully saturated rings. The Hall–Kier alpha value is -1.06. The second-order valence-electron chi connectivity index (χ2n) is 6.17. The van der Waals surface area contributed by atoms with Crippen LogP contribution in [0.1, 0.15) is 50.5 Å². The molecule has 1 atom stereocenters. The zero-order valence-corrected chi connectivity index (χ0v) is 12.1. The first-order valence-electron chi connectivity index (χ1n) is 7.95. The van der Waals surface area contributed by atoms with Gasteiger partial charge >= 0.3 is 0 Å². The summed E-state index contributed by atoms with van der Waals surface area (Å²) >= 11 is 0. The summed E-state index contributed by atoms with van der Waals surface area (Å²) < 4.78 is 5.74. The van der Waals surface area contributed by atoms with E-state index in [1.807, 2.05) is 18.2 Å². The third kappa shape index (κ3) is 2.70. The van der Waals surface area contributed by atoms with Crippen LogP contribution in [0.15, 0.2) is 24.3 Å². The van der Waals surface area contributed by atoms with Gasteiger partial charge in [-0.25, -0.2) is 0 Å². The van der Waals surface area contributed by atoms with Crippen LogP contribution in [0.4, 0.5) is 0 Å². The molecule has 1 aromatic carbocycles. The number of hydrogen-bond donors (Lipinski definition) is 2. The van der Waals surface area contributed by atoms with Crippen molar-refractivity contribution >= 4 is 0 Å². The van der Waals surface area contributed by atoms with Gasteiger partial charge in [0.05, 0.1) is 18.8 Å². The van der Waals surface area contributed by atoms with Crippen LogP contribution in [-0.2, 0) is 5.54 Å². The minimum atomic E-state index is -0.316. The predicted molar refractivity (Wildman–Crippen MR) is 79.9 cm³/mol. The first kappa shape index (κ1) is 13.9. The normalized spacial score (nSPS) is 27.4. The zero-order chi connectivity index (χ0) is 13.8. The Morgan fingerprint density at radius 2 is 1.90 bits per heavy atom. The van der Waals surface area contributed by atoms with E-state index in [0.717, 1.165) is 17.7 Å². The van der Waals surface area contributed by atoms with Crippen molar-refractivity contribution in [1.82, 2.24) is 5.32 Å². The number of benzene rings is 1. The van der Waals surface area contributed by atoms with Gasteiger partial charge in [-0.15, -0.1) is 0 Å². The second-order valence-corrected chi connectivity index (χ2v) is 6.17. The highest BCUT2D eigenvalue weighted by molar-refractivity contribution is 5.41. The van der Waals surface area contributed by atoms with Crippen molar-refractivity contribution in [3.05, 3.63) is 29.8 Å². The first-order chi connectivity index (χ1) is 9.84. The van der Waals surface area contributed by atoms with E-state index in [-0.39, 0.29) is 12.1 Å². The van der Waals surface area contributed by atoms with Crippen LogP contribution in [0, 0.1) is 0 Å². The van der Waals surface area contributed by atoms with Crippen molar-refractivity contribution in [3.8, 4) is 5.75 Å². The molecule has 0 amide bonds. The molecule has 0 bridgehead atoms. The monoisotopic (exact) mass is 275 g/mol. The molecular weight excluding hydrogens is 250 g/mol. The van der Waals surface area contributed by atoms with E-state index >= 15 is 0 Å². The van der Waals surface area contributed by atoms with Gasteiger partial charge in [-0.1, -0.05) is 43.9 Å². The topological polar surface area (TPSA) is 41.5 Å². The van der Waals surface area contributed by atoms with Crippen LogP contribution in [0.2, 0.25) is 0 Å². The molecule has 1 aromatic rings. The molecule has 3 heteroatoms. The molecule has 3 rings (SSSR count). The van der Waals surface area contributed by atoms with Gasteiger partial charge in [-0.05, 0) is 18.9 Å². The third-order valence-corrected chi connectivity index (χ3v) is 4.79. The lowest BCUT2D eigenvalue weighted by Gasteiger charge is -2.41. The molecule has 0 aromatic heterocycles. The molecule has 0 radical (unpaired) electrons. The summed E-state index contributed by atoms with van der Waals surface area (Å²) in [4.78, 5) is 0. The van der Waals surface area contributed by atoms with E-state index in [0.29, 0.717) is 12.6 Å². The molecule has 2 N–H and O–H groups in total. The molecule has 3 nitrogen and oxygen atoms in total. The third-order valence-electron chi connectivity index (χ3n) is 4.79. The van der Waals surface area contributed by atoms with E-state index in [1.165, 1.54) is 38.5 Å². The Balaban J connectivity index is 1.84. The van der Waals surface area contributed by atoms with Crippen molar-refractivity contribution in [1.29, 1.82) is 0 Å². The lowest BCUT2D eigenvalue weighted by atomic mass is 9.84. The Labute approximate surface area is 121 Å². The van der Waals surface area contributed by atoms with Crippen LogP contribution < -0.4 is 10.1 Å². The molecular formula is C17H25NO2. The predicted octanol–water partition coefficient (Wildman–Crippen LogP) is 2.97. The van der Waals surface area contributed by atoms with Gasteiger partial charge in [0.15, 0.2) is 0 Å². The Morgan fingerprint density at radius 1 is 1.15 bits per heavy atom. The number of fused-ring (bicyclic) bond motifs is 1. The number of ether oxygens (including phenoxy) is 1. The molecule has 1 aliphatic carbocycles. The first-order valence-corrected chi connectivity index (χ1v) is 7.95. The van der Waals surface area contributed by atoms with Crippen LogP contribution >= 0.6 is 0 Å². The molecule has 2 aliphatic rings. The van der Waals surface area contributed by atoms with Crippen molar-refractivity contribution in [2.75, 3.05) is 13.2 Å². The Morgan fingerprint density at radius 3 is 2.65 bits per heavy atom. The molecule has 20 heavy (non-hydrogen) atoms. The van der Waals surface area contributed by atoms with E-state index in [9.17, 15) is 5.11 Å². The Kier molecular flexibility index (Phi) is 4.27. The lowest BCUT2D eigenvalue weighted by molar-refractivity contribution is 0.0937. The van der Waals surface area contributed by atoms with Crippen molar-refractivity contribution in [2.45, 2.75) is 56.5 Å². The van der Waals surface area contributed by atoms with Crippen molar-refractivity contribution < 1.29 is 9.84 Å². The maximum Gasteiger partial charge on any atom is 0.124 e. The van der Waals surface area contributed by atoms with Crippen LogP contribution in [0.25, 0.3) is 0 Å². The van der Waals surface area contributed by atoms with Crippen LogP contribution in [0.3, 0.4) is 0 Å². The standard InChI is InChI=1S/C17H25NO2/c19-13-17(18-14-7-3-1-2-4-8-14)11-12-20-16-10-6-5-9-15(16)17/h5-6,9-10,14,18-19H,1-4,7-8,11-13H2. The quantitative estimate of drug-likeness (QED) is 0.833. The lowest BCUT2D eigenvalue weighted by Crippen LogP contribution is -2.53. The summed E-state index contributed by atoms with van der Waals surface area (Å²) in [5.41, 5.74) is 0.808. The second kappa shape index (κ2) is 6.15. The van der Waals surface area contributed by atoms with E-state index < -0.39 is 0 Å². The summed E-state index contributed by atoms with van der Waals surface area (Å²) in [6.07, 6.45) is 8.61. The smallest absolute Gasteiger partial charge is 0.124 e. The van der Waals surface area contributed by atoms with Gasteiger partial charge in [-0.3, -0.25) is 0 Å². The molecule has 1 saturated carbocycles. The highest BCUT2D eigenvalue weighted by Gasteiger charge is 2.38. The summed E-state index contributed by atoms with van der Waals surface area (Å²) in [5, 5.41) is 13.9. The number of aliphatic hydroxyl groups excluding tert-OH is 1. The number of rotatable bonds is 3. The molecule has 0 saturated heterocycles. The molecule has 1 unspecified atom stereocenters. The van der Waals surface area contributed by atoms with Crippen molar-refractivity contribution in [3.63, 3.8) is 0 Å². The average molecular weight is 275 g/mol. The summed E-state index contributed by atoms with van der Waals surface area (Å²) in [7, 11) is 0. The fraction of sp³-hybridized carbons (Fsp3) is 0.647. The summed E-state index contributed by atoms with van der Waals surface area (Å²) in [5.74, 6) is 0.925. The number of aliphatic hydroxyl groups is 1. The number of para-hydroxylation sites is 1. The van der Waals surface area contributed by atoms with Gasteiger partial charge in [-0.2, -0.15) is 0 Å². The summed E-state index contributed by atoms with van der Waals surface area (Å²) in [6, 6.07) is 8.66. The fourth-order valence-electron chi connectivity index (χ4n) is 3.63. The molecule has 0 spiro atoms. The van der Waals surface area contributed by atoms with E-state index in [4.69, 9.17) is 4.74 Å². The minimum absolute atomic E-state index is 0.143. The number of nitrogens with one attached hydrogen (secondary N) is 1. The van der Waals surface area contributed by atoms with Gasteiger partial charge in [0.2, 0.25) is 0 Å². The molecule has 1 aliphatic heterocycles. The maximum atomic E-state index is 10.1. The molecule has 1 heterocycles. The largest absolute Gasteiger partial charge is 0.493 e. The zero-order valence-electron chi connectivity index (χ0n) is 12.1. The fourth-order valence-corrected chi connectivity index (χ4v) is 3.63. The summed E-state index contributed by atoms with van der Waals surface area (Å²) in [6.45, 7) is 0.821. The van der Waals surface area contributed by atoms with Crippen LogP contribution in [0.5, 0.6) is 5.75 Å². The van der Waals surface area contributed by atoms with Gasteiger partial charge in [0, 0.05) is 18.0 Å². The van der Waals surface area contributed by atoms with Gasteiger partial charge in [0.25, 0.3) is 0 Å². The molecule has 110 valence electrons. The SMILES string of the molecule is OCC1(NC2CCCCCC2)CCOc2ccccc21. The van der Waals surface area contributed by atoms with E-state index in [1.54, 1.807) is 0 Å². The van der Waals surface area contributed by atoms with Gasteiger partial charge in [0.1, 0.15) is 5.75 Å². The van der Waals surface area contributed by atoms with E-state index in [2.05, 4.69) is 11.4 Å². The average Bonchev–Trinajstić information content (AvgIpc) is 2.76. The highest BCUT2D eigenvalue weighted by Crippen LogP contribution is 2.37. The van der Waals surface area contributed by atoms with Crippen LogP contribution in [-0.4, -0.2) is 24.4 Å². The Bertz CT molecular complexity index is 440. The van der Waals surface area contributed by atoms with Crippen molar-refractivity contribution in [2.24, 2.45) is 0 Å². The maximum absolute atomic E-state index is 10.1. The highest BCUT2D eigenvalue weighted by atomic mass is 16.5. The van der Waals surface area contributed by atoms with Gasteiger partial charge < -0.3 is 15.2 Å². The number of hydrogen-bond acceptors (Lipinski definition) is 3. The minimum Gasteiger partial charge on any atom is -0.493 e.